The minimum absolute atomic E-state index is 0.605. The van der Waals surface area contributed by atoms with Crippen molar-refractivity contribution >= 4 is 0 Å². The number of nitrogens with zero attached hydrogens (tertiary/aromatic N) is 4. The van der Waals surface area contributed by atoms with Crippen molar-refractivity contribution < 1.29 is 0 Å². The quantitative estimate of drug-likeness (QED) is 0.900. The van der Waals surface area contributed by atoms with E-state index in [4.69, 9.17) is 0 Å². The number of nitrogens with one attached hydrogen (secondary N) is 1. The Balaban J connectivity index is 1.50. The van der Waals surface area contributed by atoms with Crippen LogP contribution in [0.4, 0.5) is 0 Å². The number of piperidine rings is 2. The van der Waals surface area contributed by atoms with Gasteiger partial charge in [-0.3, -0.25) is 4.68 Å². The second kappa shape index (κ2) is 6.90. The third-order valence-corrected chi connectivity index (χ3v) is 5.20. The van der Waals surface area contributed by atoms with Gasteiger partial charge in [-0.15, -0.1) is 0 Å². The zero-order valence-corrected chi connectivity index (χ0v) is 13.4. The molecule has 2 fully saturated rings. The molecule has 1 aromatic rings. The number of aromatic nitrogens is 2. The molecule has 118 valence electrons. The van der Waals surface area contributed by atoms with Gasteiger partial charge in [0.05, 0.1) is 6.04 Å². The van der Waals surface area contributed by atoms with Crippen molar-refractivity contribution in [3.8, 4) is 0 Å². The second-order valence-corrected chi connectivity index (χ2v) is 6.80. The molecule has 2 aliphatic rings. The topological polar surface area (TPSA) is 36.3 Å². The van der Waals surface area contributed by atoms with Gasteiger partial charge >= 0.3 is 0 Å². The highest BCUT2D eigenvalue weighted by Gasteiger charge is 2.29. The first-order valence-corrected chi connectivity index (χ1v) is 8.32. The van der Waals surface area contributed by atoms with Crippen molar-refractivity contribution in [3.05, 3.63) is 18.5 Å². The van der Waals surface area contributed by atoms with E-state index in [-0.39, 0.29) is 0 Å². The molecule has 1 N–H and O–H groups in total. The molecule has 3 heterocycles. The van der Waals surface area contributed by atoms with E-state index < -0.39 is 0 Å². The molecule has 5 nitrogen and oxygen atoms in total. The van der Waals surface area contributed by atoms with Gasteiger partial charge in [0.1, 0.15) is 0 Å². The Labute approximate surface area is 128 Å². The smallest absolute Gasteiger partial charge is 0.0543 e. The Morgan fingerprint density at radius 2 is 2.05 bits per heavy atom. The zero-order chi connectivity index (χ0) is 14.7. The fourth-order valence-corrected chi connectivity index (χ4v) is 3.91. The summed E-state index contributed by atoms with van der Waals surface area (Å²) in [6.45, 7) is 6.01. The molecule has 0 aromatic carbocycles. The SMILES string of the molecule is CN(C)C1CNCCC1CN1CCC(n2cccn2)CC1. The predicted molar refractivity (Wildman–Crippen MR) is 85.4 cm³/mol. The molecule has 5 heteroatoms. The molecule has 2 unspecified atom stereocenters. The van der Waals surface area contributed by atoms with Gasteiger partial charge in [-0.1, -0.05) is 0 Å². The molecule has 0 amide bonds. The average molecular weight is 291 g/mol. The van der Waals surface area contributed by atoms with E-state index in [0.29, 0.717) is 12.1 Å². The monoisotopic (exact) mass is 291 g/mol. The van der Waals surface area contributed by atoms with Crippen LogP contribution in [0.3, 0.4) is 0 Å². The Hall–Kier alpha value is -0.910. The minimum atomic E-state index is 0.605. The first kappa shape index (κ1) is 15.0. The van der Waals surface area contributed by atoms with Crippen LogP contribution in [0.1, 0.15) is 25.3 Å². The van der Waals surface area contributed by atoms with Crippen LogP contribution in [0, 0.1) is 5.92 Å². The van der Waals surface area contributed by atoms with Crippen molar-refractivity contribution in [2.75, 3.05) is 46.8 Å². The van der Waals surface area contributed by atoms with Crippen LogP contribution in [-0.4, -0.2) is 72.4 Å². The van der Waals surface area contributed by atoms with Crippen LogP contribution >= 0.6 is 0 Å². The molecular formula is C16H29N5. The number of likely N-dealkylation sites (N-methyl/N-ethyl adjacent to an activating group) is 1. The molecular weight excluding hydrogens is 262 g/mol. The molecule has 0 aliphatic carbocycles. The number of rotatable bonds is 4. The van der Waals surface area contributed by atoms with Crippen molar-refractivity contribution in [2.45, 2.75) is 31.3 Å². The maximum absolute atomic E-state index is 4.40. The third kappa shape index (κ3) is 3.65. The van der Waals surface area contributed by atoms with Crippen LogP contribution in [0.2, 0.25) is 0 Å². The lowest BCUT2D eigenvalue weighted by molar-refractivity contribution is 0.0983. The van der Waals surface area contributed by atoms with Crippen molar-refractivity contribution in [2.24, 2.45) is 5.92 Å². The Bertz CT molecular complexity index is 408. The average Bonchev–Trinajstić information content (AvgIpc) is 3.03. The Morgan fingerprint density at radius 1 is 1.24 bits per heavy atom. The molecule has 2 atom stereocenters. The summed E-state index contributed by atoms with van der Waals surface area (Å²) in [6, 6.07) is 3.32. The summed E-state index contributed by atoms with van der Waals surface area (Å²) in [5.74, 6) is 0.808. The van der Waals surface area contributed by atoms with E-state index >= 15 is 0 Å². The first-order valence-electron chi connectivity index (χ1n) is 8.32. The van der Waals surface area contributed by atoms with Crippen LogP contribution in [0.25, 0.3) is 0 Å². The summed E-state index contributed by atoms with van der Waals surface area (Å²) in [7, 11) is 4.43. The van der Waals surface area contributed by atoms with Crippen LogP contribution in [0.5, 0.6) is 0 Å². The standard InChI is InChI=1S/C16H29N5/c1-19(2)16-12-17-8-4-14(16)13-20-10-5-15(6-11-20)21-9-3-7-18-21/h3,7,9,14-17H,4-6,8,10-13H2,1-2H3. The highest BCUT2D eigenvalue weighted by Crippen LogP contribution is 2.24. The molecule has 2 aliphatic heterocycles. The normalized spacial score (nSPS) is 29.1. The van der Waals surface area contributed by atoms with E-state index in [1.165, 1.54) is 45.4 Å². The van der Waals surface area contributed by atoms with E-state index in [2.05, 4.69) is 45.2 Å². The van der Waals surface area contributed by atoms with Crippen molar-refractivity contribution in [1.29, 1.82) is 0 Å². The molecule has 0 radical (unpaired) electrons. The van der Waals surface area contributed by atoms with Gasteiger partial charge in [0.15, 0.2) is 0 Å². The summed E-state index contributed by atoms with van der Waals surface area (Å²) in [5.41, 5.74) is 0. The maximum atomic E-state index is 4.40. The second-order valence-electron chi connectivity index (χ2n) is 6.80. The molecule has 0 spiro atoms. The third-order valence-electron chi connectivity index (χ3n) is 5.20. The Morgan fingerprint density at radius 3 is 2.71 bits per heavy atom. The molecule has 21 heavy (non-hydrogen) atoms. The van der Waals surface area contributed by atoms with Gasteiger partial charge in [0.25, 0.3) is 0 Å². The molecule has 0 saturated carbocycles. The predicted octanol–water partition coefficient (Wildman–Crippen LogP) is 1.06. The number of likely N-dealkylation sites (tertiary alicyclic amines) is 1. The van der Waals surface area contributed by atoms with Gasteiger partial charge in [0, 0.05) is 44.6 Å². The highest BCUT2D eigenvalue weighted by molar-refractivity contribution is 4.88. The van der Waals surface area contributed by atoms with Crippen molar-refractivity contribution in [1.82, 2.24) is 24.9 Å². The van der Waals surface area contributed by atoms with E-state index in [9.17, 15) is 0 Å². The van der Waals surface area contributed by atoms with Gasteiger partial charge < -0.3 is 15.1 Å². The molecule has 2 saturated heterocycles. The summed E-state index contributed by atoms with van der Waals surface area (Å²) in [5, 5.41) is 7.94. The zero-order valence-electron chi connectivity index (χ0n) is 13.4. The van der Waals surface area contributed by atoms with E-state index in [1.54, 1.807) is 0 Å². The largest absolute Gasteiger partial charge is 0.315 e. The van der Waals surface area contributed by atoms with Gasteiger partial charge in [-0.05, 0) is 51.9 Å². The van der Waals surface area contributed by atoms with Gasteiger partial charge in [-0.2, -0.15) is 5.10 Å². The van der Waals surface area contributed by atoms with Crippen LogP contribution in [-0.2, 0) is 0 Å². The van der Waals surface area contributed by atoms with Gasteiger partial charge in [0.2, 0.25) is 0 Å². The van der Waals surface area contributed by atoms with Crippen molar-refractivity contribution in [3.63, 3.8) is 0 Å². The summed E-state index contributed by atoms with van der Waals surface area (Å²) >= 11 is 0. The first-order chi connectivity index (χ1) is 10.2. The lowest BCUT2D eigenvalue weighted by Gasteiger charge is -2.41. The fourth-order valence-electron chi connectivity index (χ4n) is 3.91. The highest BCUT2D eigenvalue weighted by atomic mass is 15.3. The van der Waals surface area contributed by atoms with Gasteiger partial charge in [-0.25, -0.2) is 0 Å². The van der Waals surface area contributed by atoms with Crippen LogP contribution < -0.4 is 5.32 Å². The lowest BCUT2D eigenvalue weighted by atomic mass is 9.90. The maximum Gasteiger partial charge on any atom is 0.0543 e. The fraction of sp³-hybridized carbons (Fsp3) is 0.812. The summed E-state index contributed by atoms with van der Waals surface area (Å²) in [6.07, 6.45) is 7.78. The molecule has 0 bridgehead atoms. The summed E-state index contributed by atoms with van der Waals surface area (Å²) < 4.78 is 2.14. The number of hydrogen-bond acceptors (Lipinski definition) is 4. The van der Waals surface area contributed by atoms with E-state index in [0.717, 1.165) is 12.5 Å². The molecule has 3 rings (SSSR count). The van der Waals surface area contributed by atoms with Crippen LogP contribution in [0.15, 0.2) is 18.5 Å². The summed E-state index contributed by atoms with van der Waals surface area (Å²) in [4.78, 5) is 5.07. The lowest BCUT2D eigenvalue weighted by Crippen LogP contribution is -2.52. The van der Waals surface area contributed by atoms with E-state index in [1.807, 2.05) is 12.3 Å². The molecule has 1 aromatic heterocycles. The minimum Gasteiger partial charge on any atom is -0.315 e. The Kier molecular flexibility index (Phi) is 4.93. The number of hydrogen-bond donors (Lipinski definition) is 1.